The number of methoxy groups -OCH3 is 1. The molecule has 1 aliphatic rings. The molecule has 1 rings (SSSR count). The van der Waals surface area contributed by atoms with Gasteiger partial charge in [-0.3, -0.25) is 4.90 Å². The van der Waals surface area contributed by atoms with Crippen molar-refractivity contribution in [2.45, 2.75) is 39.2 Å². The fourth-order valence-corrected chi connectivity index (χ4v) is 2.29. The molecule has 1 saturated heterocycles. The highest BCUT2D eigenvalue weighted by atomic mass is 16.5. The van der Waals surface area contributed by atoms with Crippen LogP contribution in [-0.4, -0.2) is 50.3 Å². The molecule has 1 heterocycles. The molecule has 0 aromatic rings. The fraction of sp³-hybridized carbons (Fsp3) is 1.00. The molecule has 1 atom stereocenters. The highest BCUT2D eigenvalue weighted by Gasteiger charge is 2.30. The van der Waals surface area contributed by atoms with E-state index in [9.17, 15) is 0 Å². The number of likely N-dealkylation sites (tertiary alicyclic amines) is 1. The van der Waals surface area contributed by atoms with E-state index in [2.05, 4.69) is 31.0 Å². The van der Waals surface area contributed by atoms with Gasteiger partial charge >= 0.3 is 0 Å². The van der Waals surface area contributed by atoms with Crippen LogP contribution in [-0.2, 0) is 4.74 Å². The number of rotatable bonds is 6. The molecule has 0 aromatic heterocycles. The summed E-state index contributed by atoms with van der Waals surface area (Å²) in [5.41, 5.74) is 0.0797. The lowest BCUT2D eigenvalue weighted by Crippen LogP contribution is -2.49. The third kappa shape index (κ3) is 4.81. The summed E-state index contributed by atoms with van der Waals surface area (Å²) in [6.45, 7) is 12.4. The number of hydrogen-bond acceptors (Lipinski definition) is 3. The number of piperidine rings is 1. The Bertz CT molecular complexity index is 196. The number of nitrogens with one attached hydrogen (secondary N) is 1. The number of nitrogens with zero attached hydrogens (tertiary/aromatic N) is 1. The van der Waals surface area contributed by atoms with E-state index in [0.29, 0.717) is 0 Å². The van der Waals surface area contributed by atoms with Crippen molar-refractivity contribution in [3.8, 4) is 0 Å². The fourth-order valence-electron chi connectivity index (χ4n) is 2.29. The lowest BCUT2D eigenvalue weighted by molar-refractivity contribution is -0.0502. The van der Waals surface area contributed by atoms with Crippen LogP contribution in [0.3, 0.4) is 0 Å². The minimum absolute atomic E-state index is 0.0797. The molecule has 3 nitrogen and oxygen atoms in total. The van der Waals surface area contributed by atoms with Crippen molar-refractivity contribution in [2.24, 2.45) is 5.92 Å². The van der Waals surface area contributed by atoms with Crippen molar-refractivity contribution in [3.05, 3.63) is 0 Å². The van der Waals surface area contributed by atoms with Crippen LogP contribution in [0, 0.1) is 5.92 Å². The van der Waals surface area contributed by atoms with Gasteiger partial charge in [0.1, 0.15) is 0 Å². The molecule has 3 heteroatoms. The summed E-state index contributed by atoms with van der Waals surface area (Å²) in [6, 6.07) is 0. The summed E-state index contributed by atoms with van der Waals surface area (Å²) in [7, 11) is 1.83. The van der Waals surface area contributed by atoms with Gasteiger partial charge in [0.05, 0.1) is 5.60 Å². The van der Waals surface area contributed by atoms with Crippen molar-refractivity contribution in [1.82, 2.24) is 10.2 Å². The third-order valence-electron chi connectivity index (χ3n) is 3.39. The molecule has 1 unspecified atom stereocenters. The van der Waals surface area contributed by atoms with Gasteiger partial charge in [-0.05, 0) is 38.8 Å². The smallest absolute Gasteiger partial charge is 0.0777 e. The first-order chi connectivity index (χ1) is 7.56. The summed E-state index contributed by atoms with van der Waals surface area (Å²) < 4.78 is 5.59. The van der Waals surface area contributed by atoms with Crippen molar-refractivity contribution >= 4 is 0 Å². The Labute approximate surface area is 101 Å². The van der Waals surface area contributed by atoms with Gasteiger partial charge in [-0.1, -0.05) is 13.8 Å². The van der Waals surface area contributed by atoms with E-state index in [1.807, 2.05) is 7.11 Å². The summed E-state index contributed by atoms with van der Waals surface area (Å²) in [6.07, 6.45) is 2.45. The molecule has 0 aromatic carbocycles. The standard InChI is InChI=1S/C13H28N2O/c1-12(2)10-14-7-9-15-8-5-6-13(3,11-15)16-4/h12,14H,5-11H2,1-4H3. The minimum atomic E-state index is 0.0797. The van der Waals surface area contributed by atoms with E-state index in [4.69, 9.17) is 4.74 Å². The first-order valence-corrected chi connectivity index (χ1v) is 6.54. The largest absolute Gasteiger partial charge is 0.377 e. The van der Waals surface area contributed by atoms with E-state index in [-0.39, 0.29) is 5.60 Å². The Balaban J connectivity index is 2.17. The van der Waals surface area contributed by atoms with E-state index in [1.165, 1.54) is 19.4 Å². The van der Waals surface area contributed by atoms with Gasteiger partial charge < -0.3 is 10.1 Å². The molecule has 1 fully saturated rings. The van der Waals surface area contributed by atoms with Crippen LogP contribution in [0.5, 0.6) is 0 Å². The van der Waals surface area contributed by atoms with Gasteiger partial charge in [0, 0.05) is 26.7 Å². The van der Waals surface area contributed by atoms with Gasteiger partial charge in [-0.2, -0.15) is 0 Å². The highest BCUT2D eigenvalue weighted by molar-refractivity contribution is 4.84. The van der Waals surface area contributed by atoms with Crippen LogP contribution in [0.1, 0.15) is 33.6 Å². The van der Waals surface area contributed by atoms with Gasteiger partial charge in [-0.25, -0.2) is 0 Å². The average molecular weight is 228 g/mol. The topological polar surface area (TPSA) is 24.5 Å². The second kappa shape index (κ2) is 6.58. The summed E-state index contributed by atoms with van der Waals surface area (Å²) >= 11 is 0. The van der Waals surface area contributed by atoms with E-state index < -0.39 is 0 Å². The van der Waals surface area contributed by atoms with E-state index in [1.54, 1.807) is 0 Å². The average Bonchev–Trinajstić information content (AvgIpc) is 2.24. The molecule has 0 radical (unpaired) electrons. The minimum Gasteiger partial charge on any atom is -0.377 e. The van der Waals surface area contributed by atoms with Crippen LogP contribution < -0.4 is 5.32 Å². The lowest BCUT2D eigenvalue weighted by atomic mass is 9.95. The molecule has 0 saturated carbocycles. The van der Waals surface area contributed by atoms with Crippen LogP contribution in [0.2, 0.25) is 0 Å². The third-order valence-corrected chi connectivity index (χ3v) is 3.39. The second-order valence-corrected chi connectivity index (χ2v) is 5.63. The molecular weight excluding hydrogens is 200 g/mol. The molecule has 1 N–H and O–H groups in total. The molecule has 1 aliphatic heterocycles. The van der Waals surface area contributed by atoms with Gasteiger partial charge in [0.2, 0.25) is 0 Å². The Morgan fingerprint density at radius 2 is 2.19 bits per heavy atom. The quantitative estimate of drug-likeness (QED) is 0.701. The first kappa shape index (κ1) is 13.9. The Morgan fingerprint density at radius 3 is 2.81 bits per heavy atom. The van der Waals surface area contributed by atoms with Crippen LogP contribution in [0.15, 0.2) is 0 Å². The zero-order valence-electron chi connectivity index (χ0n) is 11.4. The zero-order valence-corrected chi connectivity index (χ0v) is 11.4. The van der Waals surface area contributed by atoms with E-state index in [0.717, 1.165) is 32.1 Å². The molecule has 0 amide bonds. The predicted molar refractivity (Wildman–Crippen MR) is 68.8 cm³/mol. The summed E-state index contributed by atoms with van der Waals surface area (Å²) in [4.78, 5) is 2.51. The number of hydrogen-bond donors (Lipinski definition) is 1. The van der Waals surface area contributed by atoms with Gasteiger partial charge in [0.15, 0.2) is 0 Å². The van der Waals surface area contributed by atoms with Crippen LogP contribution in [0.25, 0.3) is 0 Å². The van der Waals surface area contributed by atoms with Crippen LogP contribution in [0.4, 0.5) is 0 Å². The first-order valence-electron chi connectivity index (χ1n) is 6.54. The molecule has 0 bridgehead atoms. The second-order valence-electron chi connectivity index (χ2n) is 5.63. The normalized spacial score (nSPS) is 27.6. The monoisotopic (exact) mass is 228 g/mol. The molecule has 0 spiro atoms. The zero-order chi connectivity index (χ0) is 12.0. The number of ether oxygens (including phenoxy) is 1. The SMILES string of the molecule is COC1(C)CCCN(CCNCC(C)C)C1. The molecular formula is C13H28N2O. The maximum Gasteiger partial charge on any atom is 0.0777 e. The van der Waals surface area contributed by atoms with Gasteiger partial charge in [0.25, 0.3) is 0 Å². The molecule has 0 aliphatic carbocycles. The Morgan fingerprint density at radius 1 is 1.44 bits per heavy atom. The van der Waals surface area contributed by atoms with E-state index >= 15 is 0 Å². The van der Waals surface area contributed by atoms with Crippen molar-refractivity contribution in [2.75, 3.05) is 39.8 Å². The molecule has 96 valence electrons. The van der Waals surface area contributed by atoms with Crippen LogP contribution >= 0.6 is 0 Å². The Kier molecular flexibility index (Phi) is 5.73. The van der Waals surface area contributed by atoms with Gasteiger partial charge in [-0.15, -0.1) is 0 Å². The lowest BCUT2D eigenvalue weighted by Gasteiger charge is -2.39. The van der Waals surface area contributed by atoms with Crippen molar-refractivity contribution < 1.29 is 4.74 Å². The maximum absolute atomic E-state index is 5.59. The maximum atomic E-state index is 5.59. The van der Waals surface area contributed by atoms with Crippen molar-refractivity contribution in [1.29, 1.82) is 0 Å². The summed E-state index contributed by atoms with van der Waals surface area (Å²) in [5, 5.41) is 3.50. The predicted octanol–water partition coefficient (Wildman–Crippen LogP) is 1.73. The highest BCUT2D eigenvalue weighted by Crippen LogP contribution is 2.23. The Hall–Kier alpha value is -0.120. The molecule has 16 heavy (non-hydrogen) atoms. The van der Waals surface area contributed by atoms with Crippen molar-refractivity contribution in [3.63, 3.8) is 0 Å². The summed E-state index contributed by atoms with van der Waals surface area (Å²) in [5.74, 6) is 0.741.